The summed E-state index contributed by atoms with van der Waals surface area (Å²) in [5, 5.41) is 9.18. The fourth-order valence-corrected chi connectivity index (χ4v) is 0.823. The van der Waals surface area contributed by atoms with Crippen LogP contribution in [0.2, 0.25) is 0 Å². The van der Waals surface area contributed by atoms with Crippen molar-refractivity contribution in [3.05, 3.63) is 30.3 Å². The molecule has 0 aliphatic heterocycles. The van der Waals surface area contributed by atoms with Gasteiger partial charge in [0.15, 0.2) is 5.96 Å². The molecule has 0 aliphatic rings. The monoisotopic (exact) mass is 217 g/mol. The number of para-hydroxylation sites is 1. The van der Waals surface area contributed by atoms with E-state index in [4.69, 9.17) is 15.9 Å². The SMILES string of the molecule is N=C(N)NCC(=O)Oc1ccccc1.[NaH]. The van der Waals surface area contributed by atoms with Gasteiger partial charge in [0.2, 0.25) is 0 Å². The molecule has 0 bridgehead atoms. The van der Waals surface area contributed by atoms with E-state index in [9.17, 15) is 4.79 Å². The van der Waals surface area contributed by atoms with Crippen LogP contribution in [0.3, 0.4) is 0 Å². The van der Waals surface area contributed by atoms with E-state index >= 15 is 0 Å². The number of hydrogen-bond donors (Lipinski definition) is 3. The average Bonchev–Trinajstić information content (AvgIpc) is 2.16. The first kappa shape index (κ1) is 14.0. The first-order valence-corrected chi connectivity index (χ1v) is 4.02. The van der Waals surface area contributed by atoms with Crippen LogP contribution in [0.15, 0.2) is 30.3 Å². The van der Waals surface area contributed by atoms with Crippen molar-refractivity contribution in [3.8, 4) is 5.75 Å². The summed E-state index contributed by atoms with van der Waals surface area (Å²) < 4.78 is 4.91. The van der Waals surface area contributed by atoms with Gasteiger partial charge in [0.05, 0.1) is 0 Å². The molecule has 4 N–H and O–H groups in total. The van der Waals surface area contributed by atoms with Crippen molar-refractivity contribution in [2.24, 2.45) is 5.73 Å². The molecule has 0 aromatic heterocycles. The van der Waals surface area contributed by atoms with E-state index in [1.165, 1.54) is 0 Å². The average molecular weight is 217 g/mol. The van der Waals surface area contributed by atoms with Gasteiger partial charge in [0.1, 0.15) is 12.3 Å². The van der Waals surface area contributed by atoms with E-state index in [1.807, 2.05) is 6.07 Å². The number of nitrogens with two attached hydrogens (primary N) is 1. The van der Waals surface area contributed by atoms with Crippen LogP contribution >= 0.6 is 0 Å². The van der Waals surface area contributed by atoms with Gasteiger partial charge in [0, 0.05) is 0 Å². The molecular formula is C9H12N3NaO2. The minimum atomic E-state index is -0.480. The van der Waals surface area contributed by atoms with Crippen LogP contribution < -0.4 is 15.8 Å². The van der Waals surface area contributed by atoms with Crippen LogP contribution in [0.1, 0.15) is 0 Å². The molecule has 0 radical (unpaired) electrons. The quantitative estimate of drug-likeness (QED) is 0.208. The number of ether oxygens (including phenoxy) is 1. The summed E-state index contributed by atoms with van der Waals surface area (Å²) in [4.78, 5) is 11.1. The summed E-state index contributed by atoms with van der Waals surface area (Å²) >= 11 is 0. The fourth-order valence-electron chi connectivity index (χ4n) is 0.823. The van der Waals surface area contributed by atoms with Gasteiger partial charge in [-0.1, -0.05) is 18.2 Å². The Morgan fingerprint density at radius 2 is 2.00 bits per heavy atom. The third-order valence-electron chi connectivity index (χ3n) is 1.40. The molecule has 0 aliphatic carbocycles. The second kappa shape index (κ2) is 7.28. The summed E-state index contributed by atoms with van der Waals surface area (Å²) in [7, 11) is 0. The molecule has 0 unspecified atom stereocenters. The Morgan fingerprint density at radius 1 is 1.40 bits per heavy atom. The van der Waals surface area contributed by atoms with Gasteiger partial charge in [-0.15, -0.1) is 0 Å². The zero-order valence-electron chi connectivity index (χ0n) is 7.49. The van der Waals surface area contributed by atoms with Crippen molar-refractivity contribution in [2.75, 3.05) is 6.54 Å². The molecular weight excluding hydrogens is 205 g/mol. The van der Waals surface area contributed by atoms with Crippen molar-refractivity contribution in [1.82, 2.24) is 5.32 Å². The standard InChI is InChI=1S/C9H11N3O2.Na.H/c10-9(11)12-6-8(13)14-7-4-2-1-3-5-7;;/h1-5H,6H2,(H4,10,11,12);;. The molecule has 0 spiro atoms. The number of esters is 1. The normalized spacial score (nSPS) is 8.53. The van der Waals surface area contributed by atoms with Crippen LogP contribution in [0.5, 0.6) is 5.75 Å². The summed E-state index contributed by atoms with van der Waals surface area (Å²) in [6.45, 7) is -0.107. The molecule has 1 aromatic rings. The van der Waals surface area contributed by atoms with Crippen LogP contribution in [0.4, 0.5) is 0 Å². The molecule has 1 aromatic carbocycles. The number of carbonyl (C=O) groups is 1. The molecule has 0 fully saturated rings. The van der Waals surface area contributed by atoms with Gasteiger partial charge >= 0.3 is 35.5 Å². The summed E-state index contributed by atoms with van der Waals surface area (Å²) in [6.07, 6.45) is 0. The number of nitrogens with one attached hydrogen (secondary N) is 2. The minimum absolute atomic E-state index is 0. The van der Waals surface area contributed by atoms with Gasteiger partial charge < -0.3 is 15.8 Å². The molecule has 1 rings (SSSR count). The first-order chi connectivity index (χ1) is 6.68. The van der Waals surface area contributed by atoms with E-state index in [0.29, 0.717) is 5.75 Å². The second-order valence-corrected chi connectivity index (χ2v) is 2.55. The number of rotatable bonds is 3. The Hall–Kier alpha value is -1.04. The Bertz CT molecular complexity index is 329. The Morgan fingerprint density at radius 3 is 2.53 bits per heavy atom. The predicted octanol–water partition coefficient (Wildman–Crippen LogP) is -0.573. The molecule has 0 heterocycles. The molecule has 0 atom stereocenters. The zero-order chi connectivity index (χ0) is 10.4. The fraction of sp³-hybridized carbons (Fsp3) is 0.111. The topological polar surface area (TPSA) is 88.2 Å². The van der Waals surface area contributed by atoms with Crippen molar-refractivity contribution >= 4 is 41.5 Å². The number of carbonyl (C=O) groups excluding carboxylic acids is 1. The van der Waals surface area contributed by atoms with Gasteiger partial charge in [-0.05, 0) is 12.1 Å². The molecule has 15 heavy (non-hydrogen) atoms. The Balaban J connectivity index is 0.00000196. The first-order valence-electron chi connectivity index (χ1n) is 4.02. The second-order valence-electron chi connectivity index (χ2n) is 2.55. The van der Waals surface area contributed by atoms with Crippen LogP contribution in [0.25, 0.3) is 0 Å². The summed E-state index contributed by atoms with van der Waals surface area (Å²) in [6, 6.07) is 8.70. The van der Waals surface area contributed by atoms with Gasteiger partial charge in [-0.2, -0.15) is 0 Å². The molecule has 0 saturated carbocycles. The van der Waals surface area contributed by atoms with Crippen LogP contribution in [0, 0.1) is 5.41 Å². The maximum absolute atomic E-state index is 11.1. The van der Waals surface area contributed by atoms with Crippen LogP contribution in [-0.2, 0) is 4.79 Å². The van der Waals surface area contributed by atoms with E-state index in [0.717, 1.165) is 0 Å². The number of benzene rings is 1. The van der Waals surface area contributed by atoms with Gasteiger partial charge in [0.25, 0.3) is 0 Å². The molecule has 5 nitrogen and oxygen atoms in total. The number of guanidine groups is 1. The molecule has 0 saturated heterocycles. The Kier molecular flexibility index (Phi) is 6.77. The van der Waals surface area contributed by atoms with Crippen molar-refractivity contribution in [2.45, 2.75) is 0 Å². The third-order valence-corrected chi connectivity index (χ3v) is 1.40. The molecule has 0 amide bonds. The van der Waals surface area contributed by atoms with Crippen LogP contribution in [-0.4, -0.2) is 48.0 Å². The molecule has 76 valence electrons. The summed E-state index contributed by atoms with van der Waals surface area (Å²) in [5.41, 5.74) is 5.00. The number of hydrogen-bond acceptors (Lipinski definition) is 3. The summed E-state index contributed by atoms with van der Waals surface area (Å²) in [5.74, 6) is -0.260. The predicted molar refractivity (Wildman–Crippen MR) is 59.1 cm³/mol. The van der Waals surface area contributed by atoms with Crippen molar-refractivity contribution < 1.29 is 9.53 Å². The van der Waals surface area contributed by atoms with Gasteiger partial charge in [-0.3, -0.25) is 5.41 Å². The van der Waals surface area contributed by atoms with E-state index in [2.05, 4.69) is 5.32 Å². The maximum atomic E-state index is 11.1. The van der Waals surface area contributed by atoms with E-state index in [1.54, 1.807) is 24.3 Å². The van der Waals surface area contributed by atoms with Crippen molar-refractivity contribution in [3.63, 3.8) is 0 Å². The van der Waals surface area contributed by atoms with E-state index < -0.39 is 5.97 Å². The van der Waals surface area contributed by atoms with E-state index in [-0.39, 0.29) is 42.1 Å². The van der Waals surface area contributed by atoms with Gasteiger partial charge in [-0.25, -0.2) is 4.79 Å². The zero-order valence-corrected chi connectivity index (χ0v) is 7.49. The third kappa shape index (κ3) is 6.11. The Labute approximate surface area is 110 Å². The molecule has 6 heteroatoms. The van der Waals surface area contributed by atoms with Crippen molar-refractivity contribution in [1.29, 1.82) is 5.41 Å².